The van der Waals surface area contributed by atoms with Crippen molar-refractivity contribution in [1.82, 2.24) is 4.90 Å². The minimum atomic E-state index is -0.219. The lowest BCUT2D eigenvalue weighted by Crippen LogP contribution is -2.38. The summed E-state index contributed by atoms with van der Waals surface area (Å²) in [5.41, 5.74) is 1.85. The predicted octanol–water partition coefficient (Wildman–Crippen LogP) is 3.53. The van der Waals surface area contributed by atoms with Gasteiger partial charge in [0, 0.05) is 24.7 Å². The standard InChI is InChI=1S/C19H26N2O2/c1-3-18(22)20-17-11-8-16(9-12-17)10-13-19(23)21-14-6-4-5-7-15(21)2/h3,8-9,11-12,15H,1,4-7,10,13-14H2,2H3,(H,20,22). The topological polar surface area (TPSA) is 49.4 Å². The maximum atomic E-state index is 12.4. The molecule has 1 fully saturated rings. The molecule has 0 spiro atoms. The Labute approximate surface area is 138 Å². The maximum absolute atomic E-state index is 12.4. The van der Waals surface area contributed by atoms with E-state index in [1.54, 1.807) is 0 Å². The number of benzene rings is 1. The average molecular weight is 314 g/mol. The van der Waals surface area contributed by atoms with Gasteiger partial charge in [0.05, 0.1) is 0 Å². The van der Waals surface area contributed by atoms with Crippen LogP contribution in [0.4, 0.5) is 5.69 Å². The molecule has 1 aromatic carbocycles. The Morgan fingerprint density at radius 1 is 1.26 bits per heavy atom. The van der Waals surface area contributed by atoms with Crippen molar-refractivity contribution < 1.29 is 9.59 Å². The summed E-state index contributed by atoms with van der Waals surface area (Å²) in [6.45, 7) is 6.47. The number of anilines is 1. The number of hydrogen-bond acceptors (Lipinski definition) is 2. The maximum Gasteiger partial charge on any atom is 0.247 e. The molecule has 1 unspecified atom stereocenters. The molecular formula is C19H26N2O2. The summed E-state index contributed by atoms with van der Waals surface area (Å²) in [6, 6.07) is 7.99. The van der Waals surface area contributed by atoms with Crippen LogP contribution in [0.25, 0.3) is 0 Å². The molecule has 0 aromatic heterocycles. The molecule has 1 aliphatic rings. The van der Waals surface area contributed by atoms with E-state index in [0.29, 0.717) is 12.5 Å². The highest BCUT2D eigenvalue weighted by atomic mass is 16.2. The molecule has 0 saturated carbocycles. The van der Waals surface area contributed by atoms with Crippen molar-refractivity contribution in [3.8, 4) is 0 Å². The molecule has 1 aromatic rings. The van der Waals surface area contributed by atoms with Crippen molar-refractivity contribution in [3.63, 3.8) is 0 Å². The van der Waals surface area contributed by atoms with Gasteiger partial charge in [-0.15, -0.1) is 0 Å². The third kappa shape index (κ3) is 5.23. The first kappa shape index (κ1) is 17.3. The Kier molecular flexibility index (Phi) is 6.39. The van der Waals surface area contributed by atoms with Crippen molar-refractivity contribution in [2.75, 3.05) is 11.9 Å². The lowest BCUT2D eigenvalue weighted by atomic mass is 10.1. The number of hydrogen-bond donors (Lipinski definition) is 1. The molecule has 124 valence electrons. The van der Waals surface area contributed by atoms with Crippen LogP contribution in [-0.2, 0) is 16.0 Å². The SMILES string of the molecule is C=CC(=O)Nc1ccc(CCC(=O)N2CCCCCC2C)cc1. The highest BCUT2D eigenvalue weighted by Crippen LogP contribution is 2.18. The normalized spacial score (nSPS) is 18.1. The van der Waals surface area contributed by atoms with E-state index in [4.69, 9.17) is 0 Å². The monoisotopic (exact) mass is 314 g/mol. The van der Waals surface area contributed by atoms with E-state index < -0.39 is 0 Å². The van der Waals surface area contributed by atoms with Crippen molar-refractivity contribution in [2.24, 2.45) is 0 Å². The quantitative estimate of drug-likeness (QED) is 0.845. The Morgan fingerprint density at radius 3 is 2.70 bits per heavy atom. The van der Waals surface area contributed by atoms with Crippen LogP contribution >= 0.6 is 0 Å². The fraction of sp³-hybridized carbons (Fsp3) is 0.474. The third-order valence-corrected chi connectivity index (χ3v) is 4.41. The zero-order chi connectivity index (χ0) is 16.7. The van der Waals surface area contributed by atoms with Crippen LogP contribution in [0.1, 0.15) is 44.6 Å². The second-order valence-electron chi connectivity index (χ2n) is 6.18. The molecule has 0 bridgehead atoms. The van der Waals surface area contributed by atoms with E-state index in [2.05, 4.69) is 18.8 Å². The van der Waals surface area contributed by atoms with E-state index >= 15 is 0 Å². The Bertz CT molecular complexity index is 551. The highest BCUT2D eigenvalue weighted by molar-refractivity contribution is 5.98. The molecule has 1 heterocycles. The van der Waals surface area contributed by atoms with Gasteiger partial charge < -0.3 is 10.2 Å². The number of carbonyl (C=O) groups is 2. The lowest BCUT2D eigenvalue weighted by molar-refractivity contribution is -0.133. The first-order chi connectivity index (χ1) is 11.1. The van der Waals surface area contributed by atoms with Crippen LogP contribution in [-0.4, -0.2) is 29.3 Å². The van der Waals surface area contributed by atoms with Gasteiger partial charge in [0.25, 0.3) is 0 Å². The number of rotatable bonds is 5. The fourth-order valence-electron chi connectivity index (χ4n) is 2.99. The van der Waals surface area contributed by atoms with E-state index in [1.165, 1.54) is 18.9 Å². The zero-order valence-electron chi connectivity index (χ0n) is 13.9. The Balaban J connectivity index is 1.86. The average Bonchev–Trinajstić information content (AvgIpc) is 2.78. The van der Waals surface area contributed by atoms with Gasteiger partial charge in [-0.05, 0) is 50.0 Å². The van der Waals surface area contributed by atoms with Crippen LogP contribution < -0.4 is 5.32 Å². The summed E-state index contributed by atoms with van der Waals surface area (Å²) in [4.78, 5) is 25.7. The number of likely N-dealkylation sites (tertiary alicyclic amines) is 1. The molecule has 1 aliphatic heterocycles. The van der Waals surface area contributed by atoms with Crippen LogP contribution in [0.2, 0.25) is 0 Å². The number of nitrogens with one attached hydrogen (secondary N) is 1. The summed E-state index contributed by atoms with van der Waals surface area (Å²) >= 11 is 0. The van der Waals surface area contributed by atoms with E-state index in [1.807, 2.05) is 29.2 Å². The van der Waals surface area contributed by atoms with E-state index in [0.717, 1.165) is 37.1 Å². The summed E-state index contributed by atoms with van der Waals surface area (Å²) in [5.74, 6) is 0.0338. The van der Waals surface area contributed by atoms with Gasteiger partial charge in [-0.1, -0.05) is 31.6 Å². The Hall–Kier alpha value is -2.10. The van der Waals surface area contributed by atoms with Gasteiger partial charge in [-0.2, -0.15) is 0 Å². The molecule has 23 heavy (non-hydrogen) atoms. The fourth-order valence-corrected chi connectivity index (χ4v) is 2.99. The molecule has 0 aliphatic carbocycles. The number of amides is 2. The molecule has 1 saturated heterocycles. The minimum absolute atomic E-state index is 0.219. The largest absolute Gasteiger partial charge is 0.340 e. The van der Waals surface area contributed by atoms with Gasteiger partial charge in [0.1, 0.15) is 0 Å². The molecular weight excluding hydrogens is 288 g/mol. The third-order valence-electron chi connectivity index (χ3n) is 4.41. The first-order valence-corrected chi connectivity index (χ1v) is 8.42. The number of aryl methyl sites for hydroxylation is 1. The van der Waals surface area contributed by atoms with Gasteiger partial charge in [0.15, 0.2) is 0 Å². The summed E-state index contributed by atoms with van der Waals surface area (Å²) < 4.78 is 0. The second kappa shape index (κ2) is 8.51. The summed E-state index contributed by atoms with van der Waals surface area (Å²) in [5, 5.41) is 2.72. The highest BCUT2D eigenvalue weighted by Gasteiger charge is 2.21. The van der Waals surface area contributed by atoms with E-state index in [-0.39, 0.29) is 11.8 Å². The second-order valence-corrected chi connectivity index (χ2v) is 6.18. The number of carbonyl (C=O) groups excluding carboxylic acids is 2. The van der Waals surface area contributed by atoms with Gasteiger partial charge in [-0.25, -0.2) is 0 Å². The van der Waals surface area contributed by atoms with Crippen molar-refractivity contribution in [2.45, 2.75) is 51.5 Å². The number of nitrogens with zero attached hydrogens (tertiary/aromatic N) is 1. The molecule has 1 atom stereocenters. The molecule has 1 N–H and O–H groups in total. The van der Waals surface area contributed by atoms with Crippen LogP contribution in [0.15, 0.2) is 36.9 Å². The lowest BCUT2D eigenvalue weighted by Gasteiger charge is -2.27. The summed E-state index contributed by atoms with van der Waals surface area (Å²) in [7, 11) is 0. The van der Waals surface area contributed by atoms with Gasteiger partial charge >= 0.3 is 0 Å². The Morgan fingerprint density at radius 2 is 2.00 bits per heavy atom. The van der Waals surface area contributed by atoms with Gasteiger partial charge in [0.2, 0.25) is 11.8 Å². The van der Waals surface area contributed by atoms with Crippen molar-refractivity contribution in [3.05, 3.63) is 42.5 Å². The molecule has 0 radical (unpaired) electrons. The molecule has 4 heteroatoms. The van der Waals surface area contributed by atoms with Crippen LogP contribution in [0.5, 0.6) is 0 Å². The zero-order valence-corrected chi connectivity index (χ0v) is 13.9. The molecule has 2 rings (SSSR count). The van der Waals surface area contributed by atoms with E-state index in [9.17, 15) is 9.59 Å². The molecule has 4 nitrogen and oxygen atoms in total. The van der Waals surface area contributed by atoms with Crippen molar-refractivity contribution >= 4 is 17.5 Å². The smallest absolute Gasteiger partial charge is 0.247 e. The molecule has 2 amide bonds. The van der Waals surface area contributed by atoms with Crippen LogP contribution in [0, 0.1) is 0 Å². The van der Waals surface area contributed by atoms with Crippen molar-refractivity contribution in [1.29, 1.82) is 0 Å². The minimum Gasteiger partial charge on any atom is -0.340 e. The summed E-state index contributed by atoms with van der Waals surface area (Å²) in [6.07, 6.45) is 7.21. The predicted molar refractivity (Wildman–Crippen MR) is 93.2 cm³/mol. The first-order valence-electron chi connectivity index (χ1n) is 8.42. The van der Waals surface area contributed by atoms with Crippen LogP contribution in [0.3, 0.4) is 0 Å². The van der Waals surface area contributed by atoms with Gasteiger partial charge in [-0.3, -0.25) is 9.59 Å².